The number of nitrogens with zero attached hydrogens (tertiary/aromatic N) is 3. The van der Waals surface area contributed by atoms with E-state index in [4.69, 9.17) is 12.2 Å². The van der Waals surface area contributed by atoms with Crippen LogP contribution in [0.2, 0.25) is 0 Å². The van der Waals surface area contributed by atoms with Gasteiger partial charge in [-0.3, -0.25) is 19.4 Å². The summed E-state index contributed by atoms with van der Waals surface area (Å²) in [6, 6.07) is 0.00897. The third-order valence-electron chi connectivity index (χ3n) is 4.12. The van der Waals surface area contributed by atoms with Gasteiger partial charge in [0.05, 0.1) is 6.21 Å². The van der Waals surface area contributed by atoms with Gasteiger partial charge in [-0.05, 0) is 38.4 Å². The average Bonchev–Trinajstić information content (AvgIpc) is 2.75. The van der Waals surface area contributed by atoms with E-state index < -0.39 is 5.56 Å². The fraction of sp³-hybridized carbons (Fsp3) is 0.667. The highest BCUT2D eigenvalue weighted by molar-refractivity contribution is 7.71. The molecular weight excluding hydrogens is 300 g/mol. The van der Waals surface area contributed by atoms with Crippen LogP contribution in [0.4, 0.5) is 0 Å². The van der Waals surface area contributed by atoms with E-state index in [-0.39, 0.29) is 22.3 Å². The van der Waals surface area contributed by atoms with E-state index in [1.54, 1.807) is 4.57 Å². The van der Waals surface area contributed by atoms with Crippen molar-refractivity contribution in [2.24, 2.45) is 5.10 Å². The number of aromatic amines is 1. The molecule has 1 unspecified atom stereocenters. The van der Waals surface area contributed by atoms with Gasteiger partial charge in [0.15, 0.2) is 4.77 Å². The number of nitrogens with one attached hydrogen (secondary N) is 1. The second kappa shape index (κ2) is 7.58. The van der Waals surface area contributed by atoms with Gasteiger partial charge in [-0.1, -0.05) is 19.8 Å². The molecule has 0 saturated carbocycles. The lowest BCUT2D eigenvalue weighted by Crippen LogP contribution is -2.22. The van der Waals surface area contributed by atoms with Crippen molar-refractivity contribution in [2.75, 3.05) is 13.1 Å². The maximum absolute atomic E-state index is 12.1. The molecule has 0 aromatic carbocycles. The quantitative estimate of drug-likeness (QED) is 0.660. The van der Waals surface area contributed by atoms with E-state index in [0.29, 0.717) is 0 Å². The molecule has 1 aliphatic rings. The Labute approximate surface area is 135 Å². The summed E-state index contributed by atoms with van der Waals surface area (Å²) in [6.45, 7) is 5.73. The lowest BCUT2D eigenvalue weighted by atomic mass is 10.2. The number of aromatic nitrogens is 2. The van der Waals surface area contributed by atoms with Crippen LogP contribution < -0.4 is 5.56 Å². The molecule has 6 nitrogen and oxygen atoms in total. The Bertz CT molecular complexity index is 642. The van der Waals surface area contributed by atoms with Crippen molar-refractivity contribution in [1.29, 1.82) is 0 Å². The Morgan fingerprint density at radius 2 is 2.00 bits per heavy atom. The molecule has 1 aliphatic heterocycles. The van der Waals surface area contributed by atoms with Crippen LogP contribution >= 0.6 is 12.2 Å². The summed E-state index contributed by atoms with van der Waals surface area (Å²) in [5.41, 5.74) is -0.237. The van der Waals surface area contributed by atoms with Crippen molar-refractivity contribution in [2.45, 2.75) is 52.0 Å². The molecule has 2 N–H and O–H groups in total. The number of hydrazone groups is 1. The summed E-state index contributed by atoms with van der Waals surface area (Å²) in [5, 5.41) is 16.7. The van der Waals surface area contributed by atoms with Crippen molar-refractivity contribution < 1.29 is 5.11 Å². The molecule has 0 aliphatic carbocycles. The van der Waals surface area contributed by atoms with Crippen LogP contribution in [-0.4, -0.2) is 39.0 Å². The first-order valence-corrected chi connectivity index (χ1v) is 8.32. The van der Waals surface area contributed by atoms with E-state index in [0.717, 1.165) is 32.4 Å². The summed E-state index contributed by atoms with van der Waals surface area (Å²) in [6.07, 6.45) is 6.91. The van der Waals surface area contributed by atoms with Crippen LogP contribution in [0.25, 0.3) is 0 Å². The zero-order valence-electron chi connectivity index (χ0n) is 13.2. The summed E-state index contributed by atoms with van der Waals surface area (Å²) < 4.78 is 1.81. The Balaban J connectivity index is 2.34. The molecule has 1 fully saturated rings. The molecule has 1 aromatic heterocycles. The molecule has 1 atom stereocenters. The first kappa shape index (κ1) is 16.7. The third kappa shape index (κ3) is 3.76. The number of hydrogen-bond donors (Lipinski definition) is 2. The summed E-state index contributed by atoms with van der Waals surface area (Å²) in [5.74, 6) is -0.110. The fourth-order valence-electron chi connectivity index (χ4n) is 2.57. The van der Waals surface area contributed by atoms with Gasteiger partial charge in [0.1, 0.15) is 5.56 Å². The van der Waals surface area contributed by atoms with E-state index in [1.807, 2.05) is 18.9 Å². The Kier molecular flexibility index (Phi) is 5.76. The minimum atomic E-state index is -0.402. The van der Waals surface area contributed by atoms with E-state index >= 15 is 0 Å². The number of H-pyrrole nitrogens is 1. The minimum Gasteiger partial charge on any atom is -0.494 e. The van der Waals surface area contributed by atoms with Crippen LogP contribution in [-0.2, 0) is 0 Å². The van der Waals surface area contributed by atoms with Gasteiger partial charge >= 0.3 is 0 Å². The highest BCUT2D eigenvalue weighted by atomic mass is 32.1. The standard InChI is InChI=1S/C15H24N4O2S/c1-3-11(2)19-14(21)12(13(20)17-15(19)22)10-16-18-8-6-4-5-7-9-18/h10-11,21H,3-9H2,1-2H3,(H,17,20,22). The Morgan fingerprint density at radius 1 is 1.36 bits per heavy atom. The monoisotopic (exact) mass is 324 g/mol. The lowest BCUT2D eigenvalue weighted by Gasteiger charge is -2.18. The predicted molar refractivity (Wildman–Crippen MR) is 90.2 cm³/mol. The van der Waals surface area contributed by atoms with Crippen molar-refractivity contribution in [1.82, 2.24) is 14.6 Å². The maximum atomic E-state index is 12.1. The topological polar surface area (TPSA) is 73.6 Å². The van der Waals surface area contributed by atoms with Gasteiger partial charge in [0, 0.05) is 19.1 Å². The average molecular weight is 324 g/mol. The molecule has 0 bridgehead atoms. The SMILES string of the molecule is CCC(C)n1c(O)c(C=NN2CCCCCC2)c(=O)[nH]c1=S. The van der Waals surface area contributed by atoms with Crippen LogP contribution in [0.15, 0.2) is 9.90 Å². The van der Waals surface area contributed by atoms with Gasteiger partial charge in [0.25, 0.3) is 5.56 Å². The molecule has 0 amide bonds. The van der Waals surface area contributed by atoms with Gasteiger partial charge < -0.3 is 5.11 Å². The Hall–Kier alpha value is -1.63. The molecule has 2 heterocycles. The van der Waals surface area contributed by atoms with Gasteiger partial charge in [-0.2, -0.15) is 5.10 Å². The molecule has 7 heteroatoms. The van der Waals surface area contributed by atoms with Crippen LogP contribution in [0, 0.1) is 4.77 Å². The lowest BCUT2D eigenvalue weighted by molar-refractivity contribution is 0.302. The molecule has 2 rings (SSSR count). The highest BCUT2D eigenvalue weighted by Crippen LogP contribution is 2.20. The van der Waals surface area contributed by atoms with Gasteiger partial charge in [-0.25, -0.2) is 0 Å². The van der Waals surface area contributed by atoms with Gasteiger partial charge in [-0.15, -0.1) is 0 Å². The molecule has 1 aromatic rings. The van der Waals surface area contributed by atoms with Crippen molar-refractivity contribution in [3.8, 4) is 5.88 Å². The number of aromatic hydroxyl groups is 1. The molecular formula is C15H24N4O2S. The predicted octanol–water partition coefficient (Wildman–Crippen LogP) is 2.79. The molecule has 0 spiro atoms. The summed E-state index contributed by atoms with van der Waals surface area (Å²) in [7, 11) is 0. The molecule has 22 heavy (non-hydrogen) atoms. The minimum absolute atomic E-state index is 0.00897. The van der Waals surface area contributed by atoms with Crippen molar-refractivity contribution in [3.05, 3.63) is 20.7 Å². The second-order valence-electron chi connectivity index (χ2n) is 5.74. The third-order valence-corrected chi connectivity index (χ3v) is 4.42. The smallest absolute Gasteiger partial charge is 0.264 e. The van der Waals surface area contributed by atoms with Crippen LogP contribution in [0.5, 0.6) is 5.88 Å². The van der Waals surface area contributed by atoms with E-state index in [9.17, 15) is 9.90 Å². The van der Waals surface area contributed by atoms with E-state index in [2.05, 4.69) is 10.1 Å². The molecule has 1 saturated heterocycles. The largest absolute Gasteiger partial charge is 0.494 e. The van der Waals surface area contributed by atoms with Crippen molar-refractivity contribution in [3.63, 3.8) is 0 Å². The summed E-state index contributed by atoms with van der Waals surface area (Å²) in [4.78, 5) is 14.7. The highest BCUT2D eigenvalue weighted by Gasteiger charge is 2.15. The zero-order chi connectivity index (χ0) is 16.1. The number of rotatable bonds is 4. The van der Waals surface area contributed by atoms with E-state index in [1.165, 1.54) is 19.1 Å². The fourth-order valence-corrected chi connectivity index (χ4v) is 2.93. The zero-order valence-corrected chi connectivity index (χ0v) is 14.0. The molecule has 122 valence electrons. The Morgan fingerprint density at radius 3 is 2.59 bits per heavy atom. The first-order valence-electron chi connectivity index (χ1n) is 7.91. The maximum Gasteiger partial charge on any atom is 0.264 e. The van der Waals surface area contributed by atoms with Crippen molar-refractivity contribution >= 4 is 18.4 Å². The number of hydrogen-bond acceptors (Lipinski definition) is 5. The van der Waals surface area contributed by atoms with Crippen LogP contribution in [0.3, 0.4) is 0 Å². The normalized spacial score (nSPS) is 17.6. The van der Waals surface area contributed by atoms with Gasteiger partial charge in [0.2, 0.25) is 5.88 Å². The first-order chi connectivity index (χ1) is 10.5. The van der Waals surface area contributed by atoms with Crippen LogP contribution in [0.1, 0.15) is 57.6 Å². The second-order valence-corrected chi connectivity index (χ2v) is 6.12. The molecule has 0 radical (unpaired) electrons. The summed E-state index contributed by atoms with van der Waals surface area (Å²) >= 11 is 5.15.